The molecule has 0 amide bonds. The van der Waals surface area contributed by atoms with E-state index in [-0.39, 0.29) is 0 Å². The molecule has 0 unspecified atom stereocenters. The molecule has 0 atom stereocenters. The summed E-state index contributed by atoms with van der Waals surface area (Å²) in [5.74, 6) is 0. The fourth-order valence-electron chi connectivity index (χ4n) is 15.6. The first-order chi connectivity index (χ1) is 51.5. The van der Waals surface area contributed by atoms with Gasteiger partial charge in [0.25, 0.3) is 0 Å². The summed E-state index contributed by atoms with van der Waals surface area (Å²) < 4.78 is 12.4. The molecule has 0 radical (unpaired) electrons. The molecule has 0 fully saturated rings. The smallest absolute Gasteiger partial charge is 0.153 e. The summed E-state index contributed by atoms with van der Waals surface area (Å²) in [6.07, 6.45) is 3.66. The molecule has 6 nitrogen and oxygen atoms in total. The Bertz CT molecular complexity index is 6700. The highest BCUT2D eigenvalue weighted by atomic mass is 16.3. The molecule has 4 aromatic heterocycles. The Morgan fingerprint density at radius 2 is 0.673 bits per heavy atom. The molecule has 486 valence electrons. The maximum Gasteiger partial charge on any atom is 0.153 e. The number of hydrogen-bond donors (Lipinski definition) is 0. The fourth-order valence-corrected chi connectivity index (χ4v) is 15.6. The highest BCUT2D eigenvalue weighted by Gasteiger charge is 2.23. The van der Waals surface area contributed by atoms with Gasteiger partial charge in [-0.25, -0.2) is 4.98 Å². The SMILES string of the molecule is c1ccc(-c2cccc(N(c3ccc(-c4ccc5oc6ccncc6c5c4)cc3)c3ccc(-c4cc5ccccc5c5cc(-c6ccc(N(c7ccc(-c8ccc9oc%10ccccc%10c9n8)cc7)c7ccc(-c8cc9ccccc9c9ccccc89)cc7)c(-c7ccccc7)c6)ccc45)cc3)c2)cc1. The zero-order chi connectivity index (χ0) is 68.6. The molecular weight excluding hydrogens is 1270 g/mol. The second kappa shape index (κ2) is 25.0. The largest absolute Gasteiger partial charge is 0.456 e. The van der Waals surface area contributed by atoms with Crippen molar-refractivity contribution < 1.29 is 8.83 Å². The number of hydrogen-bond acceptors (Lipinski definition) is 6. The zero-order valence-electron chi connectivity index (χ0n) is 56.4. The Hall–Kier alpha value is -13.9. The van der Waals surface area contributed by atoms with Crippen molar-refractivity contribution in [1.29, 1.82) is 0 Å². The number of pyridine rings is 2. The Morgan fingerprint density at radius 3 is 1.38 bits per heavy atom. The van der Waals surface area contributed by atoms with Crippen LogP contribution in [0.15, 0.2) is 385 Å². The van der Waals surface area contributed by atoms with Crippen LogP contribution in [0.5, 0.6) is 0 Å². The summed E-state index contributed by atoms with van der Waals surface area (Å²) in [6, 6.07) is 132. The van der Waals surface area contributed by atoms with Gasteiger partial charge in [-0.1, -0.05) is 231 Å². The van der Waals surface area contributed by atoms with Crippen LogP contribution < -0.4 is 9.80 Å². The molecular formula is C98H62N4O2. The summed E-state index contributed by atoms with van der Waals surface area (Å²) >= 11 is 0. The van der Waals surface area contributed by atoms with E-state index in [9.17, 15) is 0 Å². The van der Waals surface area contributed by atoms with Gasteiger partial charge in [0, 0.05) is 68.1 Å². The average molecular weight is 1330 g/mol. The van der Waals surface area contributed by atoms with Crippen LogP contribution >= 0.6 is 0 Å². The summed E-state index contributed by atoms with van der Waals surface area (Å²) in [4.78, 5) is 14.4. The summed E-state index contributed by atoms with van der Waals surface area (Å²) in [5, 5.41) is 12.8. The van der Waals surface area contributed by atoms with Gasteiger partial charge in [0.05, 0.1) is 11.4 Å². The lowest BCUT2D eigenvalue weighted by molar-refractivity contribution is 0.668. The number of aromatic nitrogens is 2. The van der Waals surface area contributed by atoms with Gasteiger partial charge in [-0.15, -0.1) is 0 Å². The van der Waals surface area contributed by atoms with E-state index in [0.29, 0.717) is 0 Å². The monoisotopic (exact) mass is 1330 g/mol. The van der Waals surface area contributed by atoms with Gasteiger partial charge in [0.1, 0.15) is 22.3 Å². The third kappa shape index (κ3) is 10.6. The van der Waals surface area contributed by atoms with Crippen molar-refractivity contribution in [2.75, 3.05) is 9.80 Å². The summed E-state index contributed by atoms with van der Waals surface area (Å²) in [7, 11) is 0. The van der Waals surface area contributed by atoms with Crippen molar-refractivity contribution in [2.45, 2.75) is 0 Å². The van der Waals surface area contributed by atoms with Crippen LogP contribution in [-0.2, 0) is 0 Å². The second-order valence-electron chi connectivity index (χ2n) is 26.8. The molecule has 0 aliphatic rings. The zero-order valence-corrected chi connectivity index (χ0v) is 56.4. The van der Waals surface area contributed by atoms with Crippen LogP contribution in [-0.4, -0.2) is 9.97 Å². The van der Waals surface area contributed by atoms with Crippen molar-refractivity contribution in [1.82, 2.24) is 9.97 Å². The van der Waals surface area contributed by atoms with E-state index in [1.165, 1.54) is 59.8 Å². The van der Waals surface area contributed by atoms with Crippen LogP contribution in [0.2, 0.25) is 0 Å². The van der Waals surface area contributed by atoms with Crippen molar-refractivity contribution in [3.63, 3.8) is 0 Å². The minimum Gasteiger partial charge on any atom is -0.456 e. The summed E-state index contributed by atoms with van der Waals surface area (Å²) in [6.45, 7) is 0. The first kappa shape index (κ1) is 60.1. The van der Waals surface area contributed by atoms with Gasteiger partial charge in [-0.05, 0) is 238 Å². The molecule has 20 rings (SSSR count). The van der Waals surface area contributed by atoms with Gasteiger partial charge in [-0.3, -0.25) is 4.98 Å². The third-order valence-electron chi connectivity index (χ3n) is 20.7. The first-order valence-corrected chi connectivity index (χ1v) is 35.3. The van der Waals surface area contributed by atoms with E-state index in [4.69, 9.17) is 13.8 Å². The highest BCUT2D eigenvalue weighted by Crippen LogP contribution is 2.47. The van der Waals surface area contributed by atoms with E-state index >= 15 is 0 Å². The number of fused-ring (bicyclic) bond motifs is 12. The highest BCUT2D eigenvalue weighted by molar-refractivity contribution is 6.16. The molecule has 0 saturated heterocycles. The number of benzene rings is 16. The molecule has 0 aliphatic carbocycles. The minimum atomic E-state index is 0.775. The van der Waals surface area contributed by atoms with Crippen molar-refractivity contribution in [3.8, 4) is 78.0 Å². The number of anilines is 6. The molecule has 0 saturated carbocycles. The lowest BCUT2D eigenvalue weighted by Gasteiger charge is -2.29. The first-order valence-electron chi connectivity index (χ1n) is 35.3. The number of para-hydroxylation sites is 1. The second-order valence-corrected chi connectivity index (χ2v) is 26.8. The van der Waals surface area contributed by atoms with Crippen molar-refractivity contribution in [3.05, 3.63) is 376 Å². The standard InChI is InChI=1S/C98H62N4O2/c1-3-16-63(17-4-1)69-22-15-23-79(56-69)101(75-41-30-64(31-42-75)70-40-52-95-90(59-70)91-62-99-55-54-96(91)103-95)76-43-32-67(33-44-76)87-61-74-21-8-10-25-81(74)89-58-71(38-49-84(87)89)72-39-51-93(88(57-72)65-18-5-2-6-19-65)102(78-47-36-68(37-48-78)92-50-53-97-98(100-92)85-28-13-14-29-94(85)104-97)77-45-34-66(35-46-77)86-60-73-20-7-9-24-80(73)82-26-11-12-27-83(82)86/h1-62H. The molecule has 0 spiro atoms. The molecule has 4 heterocycles. The molecule has 0 bridgehead atoms. The quantitative estimate of drug-likeness (QED) is 0.107. The van der Waals surface area contributed by atoms with Crippen LogP contribution in [0.1, 0.15) is 0 Å². The Balaban J connectivity index is 0.681. The van der Waals surface area contributed by atoms with Gasteiger partial charge >= 0.3 is 0 Å². The van der Waals surface area contributed by atoms with Crippen LogP contribution in [0, 0.1) is 0 Å². The minimum absolute atomic E-state index is 0.775. The molecule has 20 aromatic rings. The van der Waals surface area contributed by atoms with Crippen LogP contribution in [0.3, 0.4) is 0 Å². The van der Waals surface area contributed by atoms with Crippen LogP contribution in [0.4, 0.5) is 34.1 Å². The Morgan fingerprint density at radius 1 is 0.221 bits per heavy atom. The number of furan rings is 2. The van der Waals surface area contributed by atoms with Gasteiger partial charge < -0.3 is 18.6 Å². The van der Waals surface area contributed by atoms with E-state index < -0.39 is 0 Å². The van der Waals surface area contributed by atoms with E-state index in [2.05, 4.69) is 348 Å². The van der Waals surface area contributed by atoms with Crippen molar-refractivity contribution >= 4 is 121 Å². The molecule has 6 heteroatoms. The predicted octanol–water partition coefficient (Wildman–Crippen LogP) is 27.5. The fraction of sp³-hybridized carbons (Fsp3) is 0. The molecule has 104 heavy (non-hydrogen) atoms. The number of nitrogens with zero attached hydrogens (tertiary/aromatic N) is 4. The predicted molar refractivity (Wildman–Crippen MR) is 434 cm³/mol. The van der Waals surface area contributed by atoms with Gasteiger partial charge in [-0.2, -0.15) is 0 Å². The molecule has 0 N–H and O–H groups in total. The maximum absolute atomic E-state index is 6.20. The lowest BCUT2D eigenvalue weighted by atomic mass is 9.90. The van der Waals surface area contributed by atoms with Crippen LogP contribution in [0.25, 0.3) is 165 Å². The Labute approximate surface area is 600 Å². The molecule has 16 aromatic carbocycles. The normalized spacial score (nSPS) is 11.7. The summed E-state index contributed by atoms with van der Waals surface area (Å²) in [5.41, 5.74) is 26.0. The third-order valence-corrected chi connectivity index (χ3v) is 20.7. The van der Waals surface area contributed by atoms with E-state index in [0.717, 1.165) is 139 Å². The van der Waals surface area contributed by atoms with E-state index in [1.54, 1.807) is 6.20 Å². The average Bonchev–Trinajstić information content (AvgIpc) is 1.17. The molecule has 0 aliphatic heterocycles. The number of rotatable bonds is 13. The lowest BCUT2D eigenvalue weighted by Crippen LogP contribution is -2.11. The van der Waals surface area contributed by atoms with E-state index in [1.807, 2.05) is 36.5 Å². The Kier molecular flexibility index (Phi) is 14.5. The maximum atomic E-state index is 6.20. The topological polar surface area (TPSA) is 58.5 Å². The van der Waals surface area contributed by atoms with Crippen molar-refractivity contribution in [2.24, 2.45) is 0 Å². The van der Waals surface area contributed by atoms with Gasteiger partial charge in [0.2, 0.25) is 0 Å². The van der Waals surface area contributed by atoms with Gasteiger partial charge in [0.15, 0.2) is 5.58 Å².